The molecule has 1 N–H and O–H groups in total. The Labute approximate surface area is 147 Å². The largest absolute Gasteiger partial charge is 0.241 e. The van der Waals surface area contributed by atoms with Crippen molar-refractivity contribution in [2.45, 2.75) is 18.2 Å². The monoisotopic (exact) mass is 410 g/mol. The first-order valence-corrected chi connectivity index (χ1v) is 10.2. The van der Waals surface area contributed by atoms with Gasteiger partial charge in [0.15, 0.2) is 0 Å². The molecule has 0 bridgehead atoms. The number of sulfonamides is 1. The van der Waals surface area contributed by atoms with E-state index in [0.29, 0.717) is 17.9 Å². The fourth-order valence-corrected chi connectivity index (χ4v) is 5.04. The van der Waals surface area contributed by atoms with Crippen LogP contribution in [-0.2, 0) is 16.4 Å². The van der Waals surface area contributed by atoms with Crippen molar-refractivity contribution in [1.29, 1.82) is 0 Å². The Bertz CT molecular complexity index is 919. The molecule has 23 heavy (non-hydrogen) atoms. The van der Waals surface area contributed by atoms with E-state index in [9.17, 15) is 8.42 Å². The normalized spacial score (nSPS) is 11.9. The van der Waals surface area contributed by atoms with Gasteiger partial charge in [0.2, 0.25) is 10.0 Å². The summed E-state index contributed by atoms with van der Waals surface area (Å²) in [5.41, 5.74) is 1.68. The third-order valence-corrected chi connectivity index (χ3v) is 6.60. The number of rotatable bonds is 5. The van der Waals surface area contributed by atoms with Crippen molar-refractivity contribution in [1.82, 2.24) is 9.71 Å². The van der Waals surface area contributed by atoms with Gasteiger partial charge in [0.05, 0.1) is 20.1 Å². The van der Waals surface area contributed by atoms with Crippen molar-refractivity contribution < 1.29 is 8.42 Å². The fraction of sp³-hybridized carbons (Fsp3) is 0.188. The van der Waals surface area contributed by atoms with E-state index in [4.69, 9.17) is 0 Å². The minimum absolute atomic E-state index is 0.302. The van der Waals surface area contributed by atoms with E-state index in [0.717, 1.165) is 25.3 Å². The lowest BCUT2D eigenvalue weighted by atomic mass is 10.2. The molecular formula is C16H15BrN2O2S2. The van der Waals surface area contributed by atoms with Gasteiger partial charge in [-0.25, -0.2) is 18.1 Å². The molecule has 7 heteroatoms. The molecule has 0 amide bonds. The second-order valence-corrected chi connectivity index (χ2v) is 8.90. The number of para-hydroxylation sites is 1. The van der Waals surface area contributed by atoms with Gasteiger partial charge in [-0.1, -0.05) is 34.1 Å². The quantitative estimate of drug-likeness (QED) is 0.693. The number of thiazole rings is 1. The molecule has 120 valence electrons. The van der Waals surface area contributed by atoms with Gasteiger partial charge in [-0.05, 0) is 36.8 Å². The Morgan fingerprint density at radius 2 is 2.00 bits per heavy atom. The summed E-state index contributed by atoms with van der Waals surface area (Å²) in [6.07, 6.45) is 0.575. The van der Waals surface area contributed by atoms with Crippen LogP contribution >= 0.6 is 27.3 Å². The molecule has 0 fully saturated rings. The number of aromatic nitrogens is 1. The average molecular weight is 411 g/mol. The maximum Gasteiger partial charge on any atom is 0.240 e. The first kappa shape index (κ1) is 16.6. The highest BCUT2D eigenvalue weighted by Gasteiger charge is 2.17. The molecule has 2 aromatic carbocycles. The minimum Gasteiger partial charge on any atom is -0.241 e. The van der Waals surface area contributed by atoms with Gasteiger partial charge in [0, 0.05) is 17.4 Å². The van der Waals surface area contributed by atoms with Crippen LogP contribution in [0.3, 0.4) is 0 Å². The standard InChI is InChI=1S/C16H15BrN2O2S2/c1-11-6-7-12(17)10-15(11)23(20,21)18-9-8-16-19-13-4-2-3-5-14(13)22-16/h2-7,10,18H,8-9H2,1H3. The van der Waals surface area contributed by atoms with Crippen LogP contribution in [0.1, 0.15) is 10.6 Å². The van der Waals surface area contributed by atoms with Crippen LogP contribution in [0.4, 0.5) is 0 Å². The zero-order valence-corrected chi connectivity index (χ0v) is 15.6. The highest BCUT2D eigenvalue weighted by molar-refractivity contribution is 9.10. The van der Waals surface area contributed by atoms with E-state index in [1.807, 2.05) is 30.3 Å². The zero-order chi connectivity index (χ0) is 16.4. The van der Waals surface area contributed by atoms with Crippen LogP contribution in [0.25, 0.3) is 10.2 Å². The molecule has 4 nitrogen and oxygen atoms in total. The predicted octanol–water partition coefficient (Wildman–Crippen LogP) is 3.89. The van der Waals surface area contributed by atoms with Crippen LogP contribution in [0.2, 0.25) is 0 Å². The van der Waals surface area contributed by atoms with Crippen LogP contribution in [-0.4, -0.2) is 19.9 Å². The Hall–Kier alpha value is -1.28. The number of hydrogen-bond donors (Lipinski definition) is 1. The van der Waals surface area contributed by atoms with Gasteiger partial charge in [0.25, 0.3) is 0 Å². The molecule has 0 spiro atoms. The van der Waals surface area contributed by atoms with Gasteiger partial charge in [-0.2, -0.15) is 0 Å². The van der Waals surface area contributed by atoms with E-state index in [-0.39, 0.29) is 0 Å². The molecule has 0 aliphatic rings. The summed E-state index contributed by atoms with van der Waals surface area (Å²) in [4.78, 5) is 4.81. The lowest BCUT2D eigenvalue weighted by Gasteiger charge is -2.09. The van der Waals surface area contributed by atoms with Gasteiger partial charge < -0.3 is 0 Å². The molecule has 0 saturated carbocycles. The van der Waals surface area contributed by atoms with Crippen LogP contribution in [0.15, 0.2) is 51.8 Å². The predicted molar refractivity (Wildman–Crippen MR) is 97.4 cm³/mol. The molecule has 0 unspecified atom stereocenters. The van der Waals surface area contributed by atoms with E-state index >= 15 is 0 Å². The maximum absolute atomic E-state index is 12.4. The number of benzene rings is 2. The molecule has 0 radical (unpaired) electrons. The first-order valence-electron chi connectivity index (χ1n) is 7.06. The van der Waals surface area contributed by atoms with Crippen molar-refractivity contribution in [3.05, 3.63) is 57.5 Å². The maximum atomic E-state index is 12.4. The number of fused-ring (bicyclic) bond motifs is 1. The smallest absolute Gasteiger partial charge is 0.240 e. The van der Waals surface area contributed by atoms with Gasteiger partial charge in [-0.3, -0.25) is 0 Å². The van der Waals surface area contributed by atoms with E-state index in [1.54, 1.807) is 30.4 Å². The van der Waals surface area contributed by atoms with E-state index in [1.165, 1.54) is 0 Å². The Morgan fingerprint density at radius 3 is 2.78 bits per heavy atom. The molecule has 1 heterocycles. The summed E-state index contributed by atoms with van der Waals surface area (Å²) < 4.78 is 29.4. The van der Waals surface area contributed by atoms with E-state index in [2.05, 4.69) is 25.6 Å². The molecular weight excluding hydrogens is 396 g/mol. The SMILES string of the molecule is Cc1ccc(Br)cc1S(=O)(=O)NCCc1nc2ccccc2s1. The van der Waals surface area contributed by atoms with Crippen molar-refractivity contribution in [2.24, 2.45) is 0 Å². The van der Waals surface area contributed by atoms with E-state index < -0.39 is 10.0 Å². The van der Waals surface area contributed by atoms with Crippen LogP contribution < -0.4 is 4.72 Å². The Balaban J connectivity index is 1.71. The molecule has 0 saturated heterocycles. The Morgan fingerprint density at radius 1 is 1.22 bits per heavy atom. The summed E-state index contributed by atoms with van der Waals surface area (Å²) in [6.45, 7) is 2.11. The van der Waals surface area contributed by atoms with Crippen LogP contribution in [0, 0.1) is 6.92 Å². The number of halogens is 1. The summed E-state index contributed by atoms with van der Waals surface area (Å²) in [6, 6.07) is 13.1. The highest BCUT2D eigenvalue weighted by atomic mass is 79.9. The molecule has 0 aliphatic heterocycles. The molecule has 3 rings (SSSR count). The second-order valence-electron chi connectivity index (χ2n) is 5.13. The minimum atomic E-state index is -3.52. The second kappa shape index (κ2) is 6.68. The third-order valence-electron chi connectivity index (χ3n) is 3.41. The lowest BCUT2D eigenvalue weighted by molar-refractivity contribution is 0.581. The number of hydrogen-bond acceptors (Lipinski definition) is 4. The fourth-order valence-electron chi connectivity index (χ4n) is 2.26. The Kier molecular flexibility index (Phi) is 4.82. The molecule has 3 aromatic rings. The first-order chi connectivity index (χ1) is 11.0. The molecule has 0 aliphatic carbocycles. The number of nitrogens with one attached hydrogen (secondary N) is 1. The average Bonchev–Trinajstić information content (AvgIpc) is 2.92. The van der Waals surface area contributed by atoms with Crippen molar-refractivity contribution in [3.63, 3.8) is 0 Å². The highest BCUT2D eigenvalue weighted by Crippen LogP contribution is 2.22. The summed E-state index contributed by atoms with van der Waals surface area (Å²) >= 11 is 4.91. The van der Waals surface area contributed by atoms with Gasteiger partial charge in [-0.15, -0.1) is 11.3 Å². The molecule has 0 atom stereocenters. The van der Waals surface area contributed by atoms with Crippen molar-refractivity contribution >= 4 is 47.5 Å². The van der Waals surface area contributed by atoms with Crippen molar-refractivity contribution in [3.8, 4) is 0 Å². The zero-order valence-electron chi connectivity index (χ0n) is 12.4. The summed E-state index contributed by atoms with van der Waals surface area (Å²) in [5.74, 6) is 0. The van der Waals surface area contributed by atoms with Gasteiger partial charge in [0.1, 0.15) is 0 Å². The third kappa shape index (κ3) is 3.80. The lowest BCUT2D eigenvalue weighted by Crippen LogP contribution is -2.26. The summed E-state index contributed by atoms with van der Waals surface area (Å²) in [7, 11) is -3.52. The van der Waals surface area contributed by atoms with Gasteiger partial charge >= 0.3 is 0 Å². The topological polar surface area (TPSA) is 59.1 Å². The summed E-state index contributed by atoms with van der Waals surface area (Å²) in [5, 5.41) is 0.930. The van der Waals surface area contributed by atoms with Crippen molar-refractivity contribution in [2.75, 3.05) is 6.54 Å². The molecule has 1 aromatic heterocycles. The number of aryl methyl sites for hydroxylation is 1. The number of nitrogens with zero attached hydrogens (tertiary/aromatic N) is 1. The van der Waals surface area contributed by atoms with Crippen LogP contribution in [0.5, 0.6) is 0 Å².